The summed E-state index contributed by atoms with van der Waals surface area (Å²) in [6.45, 7) is 0. The van der Waals surface area contributed by atoms with Crippen LogP contribution in [0.2, 0.25) is 0 Å². The van der Waals surface area contributed by atoms with Crippen molar-refractivity contribution in [3.05, 3.63) is 34.7 Å². The normalized spacial score (nSPS) is 10.2. The average molecular weight is 296 g/mol. The summed E-state index contributed by atoms with van der Waals surface area (Å²) >= 11 is 3.25. The Morgan fingerprint density at radius 2 is 2.24 bits per heavy atom. The number of rotatable bonds is 2. The fourth-order valence-electron chi connectivity index (χ4n) is 1.29. The van der Waals surface area contributed by atoms with Crippen LogP contribution in [0.1, 0.15) is 10.5 Å². The van der Waals surface area contributed by atoms with Crippen LogP contribution in [0.4, 0.5) is 11.5 Å². The number of pyridine rings is 1. The second-order valence-electron chi connectivity index (χ2n) is 3.39. The molecular weight excluding hydrogens is 286 g/mol. The minimum atomic E-state index is -0.326. The highest BCUT2D eigenvalue weighted by Crippen LogP contribution is 2.16. The van der Waals surface area contributed by atoms with Crippen molar-refractivity contribution in [1.29, 1.82) is 0 Å². The fourth-order valence-corrected chi connectivity index (χ4v) is 1.52. The van der Waals surface area contributed by atoms with Gasteiger partial charge in [-0.2, -0.15) is 5.10 Å². The highest BCUT2D eigenvalue weighted by Gasteiger charge is 2.12. The lowest BCUT2D eigenvalue weighted by molar-refractivity contribution is 0.102. The molecule has 0 aliphatic heterocycles. The first-order valence-electron chi connectivity index (χ1n) is 4.78. The molecule has 2 aromatic heterocycles. The van der Waals surface area contributed by atoms with Gasteiger partial charge in [-0.05, 0) is 28.1 Å². The second-order valence-corrected chi connectivity index (χ2v) is 4.30. The second kappa shape index (κ2) is 4.54. The molecule has 0 aliphatic carbocycles. The third-order valence-electron chi connectivity index (χ3n) is 2.16. The highest BCUT2D eigenvalue weighted by molar-refractivity contribution is 9.10. The van der Waals surface area contributed by atoms with E-state index < -0.39 is 0 Å². The molecule has 0 unspecified atom stereocenters. The first-order chi connectivity index (χ1) is 8.08. The molecule has 2 rings (SSSR count). The van der Waals surface area contributed by atoms with Gasteiger partial charge in [-0.3, -0.25) is 9.48 Å². The van der Waals surface area contributed by atoms with E-state index >= 15 is 0 Å². The van der Waals surface area contributed by atoms with Gasteiger partial charge in [-0.1, -0.05) is 0 Å². The number of amides is 1. The predicted octanol–water partition coefficient (Wildman–Crippen LogP) is 1.41. The van der Waals surface area contributed by atoms with Gasteiger partial charge >= 0.3 is 0 Å². The Kier molecular flexibility index (Phi) is 3.10. The number of hydrogen-bond donors (Lipinski definition) is 2. The van der Waals surface area contributed by atoms with Crippen molar-refractivity contribution in [3.8, 4) is 0 Å². The van der Waals surface area contributed by atoms with Gasteiger partial charge in [0.2, 0.25) is 0 Å². The van der Waals surface area contributed by atoms with Crippen molar-refractivity contribution < 1.29 is 4.79 Å². The maximum Gasteiger partial charge on any atom is 0.275 e. The topological polar surface area (TPSA) is 85.8 Å². The lowest BCUT2D eigenvalue weighted by Crippen LogP contribution is -2.16. The number of nitrogens with one attached hydrogen (secondary N) is 1. The zero-order valence-electron chi connectivity index (χ0n) is 9.01. The van der Waals surface area contributed by atoms with Gasteiger partial charge in [0.15, 0.2) is 5.82 Å². The number of nitrogens with zero attached hydrogens (tertiary/aromatic N) is 3. The molecule has 6 nitrogen and oxygen atoms in total. The molecule has 2 aromatic rings. The zero-order valence-corrected chi connectivity index (χ0v) is 10.6. The summed E-state index contributed by atoms with van der Waals surface area (Å²) in [5.41, 5.74) is 6.39. The molecule has 0 fully saturated rings. The van der Waals surface area contributed by atoms with Gasteiger partial charge in [0, 0.05) is 17.7 Å². The van der Waals surface area contributed by atoms with E-state index in [4.69, 9.17) is 5.73 Å². The Morgan fingerprint density at radius 1 is 1.47 bits per heavy atom. The van der Waals surface area contributed by atoms with Crippen molar-refractivity contribution in [3.63, 3.8) is 0 Å². The summed E-state index contributed by atoms with van der Waals surface area (Å²) in [5.74, 6) is 0.132. The van der Waals surface area contributed by atoms with E-state index in [0.717, 1.165) is 4.47 Å². The van der Waals surface area contributed by atoms with Crippen molar-refractivity contribution in [2.24, 2.45) is 7.05 Å². The van der Waals surface area contributed by atoms with Crippen LogP contribution in [-0.4, -0.2) is 20.7 Å². The Morgan fingerprint density at radius 3 is 2.76 bits per heavy atom. The summed E-state index contributed by atoms with van der Waals surface area (Å²) in [6, 6.07) is 3.36. The molecule has 0 atom stereocenters. The molecule has 88 valence electrons. The van der Waals surface area contributed by atoms with E-state index in [9.17, 15) is 4.79 Å². The van der Waals surface area contributed by atoms with Crippen LogP contribution in [0.3, 0.4) is 0 Å². The average Bonchev–Trinajstić information content (AvgIpc) is 2.61. The standard InChI is InChI=1S/C10H10BrN5O/c1-16-9(7(12)5-14-16)15-10(17)8-3-2-6(11)4-13-8/h2-5H,12H2,1H3,(H,15,17). The van der Waals surface area contributed by atoms with Gasteiger partial charge in [0.25, 0.3) is 5.91 Å². The van der Waals surface area contributed by atoms with Crippen LogP contribution >= 0.6 is 15.9 Å². The number of carbonyl (C=O) groups excluding carboxylic acids is 1. The molecule has 0 aliphatic rings. The van der Waals surface area contributed by atoms with Gasteiger partial charge in [-0.25, -0.2) is 4.98 Å². The number of aromatic nitrogens is 3. The number of nitrogen functional groups attached to an aromatic ring is 1. The fraction of sp³-hybridized carbons (Fsp3) is 0.100. The molecule has 2 heterocycles. The molecule has 0 aromatic carbocycles. The minimum Gasteiger partial charge on any atom is -0.394 e. The quantitative estimate of drug-likeness (QED) is 0.877. The van der Waals surface area contributed by atoms with Crippen LogP contribution in [-0.2, 0) is 7.05 Å². The van der Waals surface area contributed by atoms with Crippen LogP contribution in [0, 0.1) is 0 Å². The van der Waals surface area contributed by atoms with Crippen molar-refractivity contribution in [1.82, 2.24) is 14.8 Å². The molecule has 1 amide bonds. The number of hydrogen-bond acceptors (Lipinski definition) is 4. The van der Waals surface area contributed by atoms with Gasteiger partial charge in [-0.15, -0.1) is 0 Å². The van der Waals surface area contributed by atoms with Gasteiger partial charge < -0.3 is 11.1 Å². The summed E-state index contributed by atoms with van der Waals surface area (Å²) in [6.07, 6.45) is 3.03. The van der Waals surface area contributed by atoms with Gasteiger partial charge in [0.1, 0.15) is 5.69 Å². The molecule has 0 bridgehead atoms. The highest BCUT2D eigenvalue weighted by atomic mass is 79.9. The van der Waals surface area contributed by atoms with Crippen LogP contribution in [0.15, 0.2) is 29.0 Å². The maximum absolute atomic E-state index is 11.8. The Labute approximate surface area is 106 Å². The van der Waals surface area contributed by atoms with E-state index in [1.54, 1.807) is 25.4 Å². The number of carbonyl (C=O) groups is 1. The summed E-state index contributed by atoms with van der Waals surface area (Å²) in [7, 11) is 1.70. The monoisotopic (exact) mass is 295 g/mol. The molecule has 0 spiro atoms. The molecule has 7 heteroatoms. The third kappa shape index (κ3) is 2.44. The molecule has 3 N–H and O–H groups in total. The lowest BCUT2D eigenvalue weighted by Gasteiger charge is -2.05. The van der Waals surface area contributed by atoms with Crippen molar-refractivity contribution >= 4 is 33.3 Å². The molecule has 0 radical (unpaired) electrons. The Hall–Kier alpha value is -1.89. The maximum atomic E-state index is 11.8. The minimum absolute atomic E-state index is 0.314. The Balaban J connectivity index is 2.20. The summed E-state index contributed by atoms with van der Waals surface area (Å²) in [4.78, 5) is 15.8. The number of halogens is 1. The molecular formula is C10H10BrN5O. The Bertz CT molecular complexity index is 529. The zero-order chi connectivity index (χ0) is 12.4. The van der Waals surface area contributed by atoms with E-state index in [1.165, 1.54) is 10.9 Å². The molecule has 0 saturated carbocycles. The lowest BCUT2D eigenvalue weighted by atomic mass is 10.3. The first kappa shape index (κ1) is 11.6. The van der Waals surface area contributed by atoms with E-state index in [-0.39, 0.29) is 5.91 Å². The first-order valence-corrected chi connectivity index (χ1v) is 5.57. The third-order valence-corrected chi connectivity index (χ3v) is 2.63. The number of nitrogens with two attached hydrogens (primary N) is 1. The van der Waals surface area contributed by atoms with E-state index in [0.29, 0.717) is 17.2 Å². The largest absolute Gasteiger partial charge is 0.394 e. The molecule has 0 saturated heterocycles. The van der Waals surface area contributed by atoms with Crippen molar-refractivity contribution in [2.75, 3.05) is 11.1 Å². The van der Waals surface area contributed by atoms with E-state index in [2.05, 4.69) is 31.3 Å². The van der Waals surface area contributed by atoms with Crippen LogP contribution in [0.25, 0.3) is 0 Å². The van der Waals surface area contributed by atoms with E-state index in [1.807, 2.05) is 0 Å². The van der Waals surface area contributed by atoms with Crippen LogP contribution in [0.5, 0.6) is 0 Å². The number of anilines is 2. The summed E-state index contributed by atoms with van der Waals surface area (Å²) in [5, 5.41) is 6.58. The van der Waals surface area contributed by atoms with Gasteiger partial charge in [0.05, 0.1) is 11.9 Å². The van der Waals surface area contributed by atoms with Crippen molar-refractivity contribution in [2.45, 2.75) is 0 Å². The number of aryl methyl sites for hydroxylation is 1. The summed E-state index contributed by atoms with van der Waals surface area (Å²) < 4.78 is 2.31. The SMILES string of the molecule is Cn1ncc(N)c1NC(=O)c1ccc(Br)cn1. The smallest absolute Gasteiger partial charge is 0.275 e. The van der Waals surface area contributed by atoms with Crippen LogP contribution < -0.4 is 11.1 Å². The molecule has 17 heavy (non-hydrogen) atoms. The predicted molar refractivity (Wildman–Crippen MR) is 67.5 cm³/mol.